The number of alkyl halides is 1. The van der Waals surface area contributed by atoms with Crippen LogP contribution in [-0.2, 0) is 0 Å². The lowest BCUT2D eigenvalue weighted by molar-refractivity contribution is 0.0949. The van der Waals surface area contributed by atoms with Gasteiger partial charge in [-0.2, -0.15) is 0 Å². The standard InChI is InChI=1S/C7H9ClN2OS/c8-2-1-3-9-7(11)6-4-12-5-10-6/h4-5H,1-3H2,(H,9,11). The summed E-state index contributed by atoms with van der Waals surface area (Å²) in [5, 5.41) is 4.43. The van der Waals surface area contributed by atoms with Gasteiger partial charge in [0.25, 0.3) is 5.91 Å². The molecule has 1 heterocycles. The fourth-order valence-electron chi connectivity index (χ4n) is 0.684. The maximum atomic E-state index is 11.2. The summed E-state index contributed by atoms with van der Waals surface area (Å²) in [5.74, 6) is 0.443. The van der Waals surface area contributed by atoms with Crippen LogP contribution < -0.4 is 5.32 Å². The van der Waals surface area contributed by atoms with Crippen molar-refractivity contribution in [2.75, 3.05) is 12.4 Å². The normalized spacial score (nSPS) is 9.75. The molecular formula is C7H9ClN2OS. The van der Waals surface area contributed by atoms with Crippen LogP contribution in [0.5, 0.6) is 0 Å². The molecule has 12 heavy (non-hydrogen) atoms. The van der Waals surface area contributed by atoms with Crippen LogP contribution >= 0.6 is 22.9 Å². The number of hydrogen-bond acceptors (Lipinski definition) is 3. The second-order valence-electron chi connectivity index (χ2n) is 2.17. The largest absolute Gasteiger partial charge is 0.351 e. The van der Waals surface area contributed by atoms with Gasteiger partial charge in [-0.1, -0.05) is 0 Å². The average Bonchev–Trinajstić information content (AvgIpc) is 2.56. The van der Waals surface area contributed by atoms with E-state index >= 15 is 0 Å². The highest BCUT2D eigenvalue weighted by atomic mass is 35.5. The van der Waals surface area contributed by atoms with Gasteiger partial charge < -0.3 is 5.32 Å². The Morgan fingerprint density at radius 1 is 1.75 bits per heavy atom. The maximum absolute atomic E-state index is 11.2. The molecule has 0 spiro atoms. The highest BCUT2D eigenvalue weighted by Crippen LogP contribution is 1.99. The molecule has 0 unspecified atom stereocenters. The molecule has 0 bridgehead atoms. The number of nitrogens with zero attached hydrogens (tertiary/aromatic N) is 1. The third-order valence-corrected chi connectivity index (χ3v) is 2.11. The molecule has 0 aliphatic carbocycles. The zero-order valence-electron chi connectivity index (χ0n) is 6.42. The summed E-state index contributed by atoms with van der Waals surface area (Å²) < 4.78 is 0. The van der Waals surface area contributed by atoms with Gasteiger partial charge in [-0.25, -0.2) is 4.98 Å². The van der Waals surface area contributed by atoms with E-state index in [0.717, 1.165) is 6.42 Å². The van der Waals surface area contributed by atoms with Crippen LogP contribution in [0, 0.1) is 0 Å². The minimum absolute atomic E-state index is 0.124. The molecule has 1 aromatic rings. The lowest BCUT2D eigenvalue weighted by Crippen LogP contribution is -2.24. The Balaban J connectivity index is 2.30. The average molecular weight is 205 g/mol. The fraction of sp³-hybridized carbons (Fsp3) is 0.429. The van der Waals surface area contributed by atoms with Gasteiger partial charge in [-0.15, -0.1) is 22.9 Å². The number of halogens is 1. The minimum atomic E-state index is -0.124. The van der Waals surface area contributed by atoms with Crippen LogP contribution in [0.2, 0.25) is 0 Å². The molecule has 0 radical (unpaired) electrons. The van der Waals surface area contributed by atoms with Crippen molar-refractivity contribution in [2.45, 2.75) is 6.42 Å². The molecule has 0 saturated carbocycles. The van der Waals surface area contributed by atoms with Crippen molar-refractivity contribution in [3.8, 4) is 0 Å². The number of amides is 1. The number of rotatable bonds is 4. The molecule has 3 nitrogen and oxygen atoms in total. The summed E-state index contributed by atoms with van der Waals surface area (Å²) in [5.41, 5.74) is 2.12. The van der Waals surface area contributed by atoms with Crippen molar-refractivity contribution < 1.29 is 4.79 Å². The number of thiazole rings is 1. The third kappa shape index (κ3) is 2.79. The summed E-state index contributed by atoms with van der Waals surface area (Å²) in [6.07, 6.45) is 0.789. The van der Waals surface area contributed by atoms with E-state index in [2.05, 4.69) is 10.3 Å². The van der Waals surface area contributed by atoms with Crippen molar-refractivity contribution in [1.29, 1.82) is 0 Å². The van der Waals surface area contributed by atoms with Crippen LogP contribution in [0.4, 0.5) is 0 Å². The van der Waals surface area contributed by atoms with E-state index in [0.29, 0.717) is 18.1 Å². The van der Waals surface area contributed by atoms with Crippen LogP contribution in [0.15, 0.2) is 10.9 Å². The van der Waals surface area contributed by atoms with Gasteiger partial charge >= 0.3 is 0 Å². The van der Waals surface area contributed by atoms with Gasteiger partial charge in [-0.3, -0.25) is 4.79 Å². The molecule has 0 fully saturated rings. The van der Waals surface area contributed by atoms with E-state index in [9.17, 15) is 4.79 Å². The Hall–Kier alpha value is -0.610. The lowest BCUT2D eigenvalue weighted by Gasteiger charge is -1.99. The first-order chi connectivity index (χ1) is 5.84. The van der Waals surface area contributed by atoms with Crippen LogP contribution in [0.1, 0.15) is 16.9 Å². The monoisotopic (exact) mass is 204 g/mol. The summed E-state index contributed by atoms with van der Waals surface area (Å²) in [6.45, 7) is 0.611. The maximum Gasteiger partial charge on any atom is 0.270 e. The zero-order chi connectivity index (χ0) is 8.81. The highest BCUT2D eigenvalue weighted by Gasteiger charge is 2.04. The van der Waals surface area contributed by atoms with Crippen LogP contribution in [0.25, 0.3) is 0 Å². The number of carbonyl (C=O) groups is 1. The summed E-state index contributed by atoms with van der Waals surface area (Å²) in [6, 6.07) is 0. The second-order valence-corrected chi connectivity index (χ2v) is 3.27. The summed E-state index contributed by atoms with van der Waals surface area (Å²) >= 11 is 6.85. The summed E-state index contributed by atoms with van der Waals surface area (Å²) in [4.78, 5) is 15.0. The molecule has 1 rings (SSSR count). The summed E-state index contributed by atoms with van der Waals surface area (Å²) in [7, 11) is 0. The van der Waals surface area contributed by atoms with Gasteiger partial charge in [0.15, 0.2) is 0 Å². The third-order valence-electron chi connectivity index (χ3n) is 1.26. The van der Waals surface area contributed by atoms with Crippen molar-refractivity contribution in [3.05, 3.63) is 16.6 Å². The molecule has 1 amide bonds. The van der Waals surface area contributed by atoms with E-state index in [1.54, 1.807) is 10.9 Å². The Morgan fingerprint density at radius 3 is 3.17 bits per heavy atom. The zero-order valence-corrected chi connectivity index (χ0v) is 7.99. The smallest absolute Gasteiger partial charge is 0.270 e. The Labute approximate surface area is 79.8 Å². The first kappa shape index (κ1) is 9.48. The Morgan fingerprint density at radius 2 is 2.58 bits per heavy atom. The highest BCUT2D eigenvalue weighted by molar-refractivity contribution is 7.07. The predicted molar refractivity (Wildman–Crippen MR) is 49.8 cm³/mol. The molecule has 0 saturated heterocycles. The number of hydrogen-bond donors (Lipinski definition) is 1. The first-order valence-electron chi connectivity index (χ1n) is 3.57. The van der Waals surface area contributed by atoms with Crippen molar-refractivity contribution in [1.82, 2.24) is 10.3 Å². The SMILES string of the molecule is O=C(NCCCCl)c1cscn1. The van der Waals surface area contributed by atoms with Crippen molar-refractivity contribution in [3.63, 3.8) is 0 Å². The molecule has 0 aromatic carbocycles. The first-order valence-corrected chi connectivity index (χ1v) is 5.04. The quantitative estimate of drug-likeness (QED) is 0.597. The Bertz CT molecular complexity index is 238. The van der Waals surface area contributed by atoms with Gasteiger partial charge in [0.05, 0.1) is 5.51 Å². The van der Waals surface area contributed by atoms with Gasteiger partial charge in [0.1, 0.15) is 5.69 Å². The molecular weight excluding hydrogens is 196 g/mol. The Kier molecular flexibility index (Phi) is 4.04. The molecule has 0 aliphatic heterocycles. The van der Waals surface area contributed by atoms with E-state index in [-0.39, 0.29) is 5.91 Å². The lowest BCUT2D eigenvalue weighted by atomic mass is 10.4. The molecule has 1 N–H and O–H groups in total. The van der Waals surface area contributed by atoms with E-state index in [1.165, 1.54) is 11.3 Å². The number of nitrogens with one attached hydrogen (secondary N) is 1. The topological polar surface area (TPSA) is 42.0 Å². The molecule has 0 atom stereocenters. The van der Waals surface area contributed by atoms with Gasteiger partial charge in [0.2, 0.25) is 0 Å². The van der Waals surface area contributed by atoms with E-state index in [1.807, 2.05) is 0 Å². The van der Waals surface area contributed by atoms with E-state index < -0.39 is 0 Å². The fourth-order valence-corrected chi connectivity index (χ4v) is 1.35. The van der Waals surface area contributed by atoms with Gasteiger partial charge in [-0.05, 0) is 6.42 Å². The van der Waals surface area contributed by atoms with Crippen LogP contribution in [-0.4, -0.2) is 23.3 Å². The second kappa shape index (κ2) is 5.11. The molecule has 1 aromatic heterocycles. The van der Waals surface area contributed by atoms with Crippen molar-refractivity contribution in [2.24, 2.45) is 0 Å². The van der Waals surface area contributed by atoms with Crippen LogP contribution in [0.3, 0.4) is 0 Å². The predicted octanol–water partition coefficient (Wildman–Crippen LogP) is 1.50. The van der Waals surface area contributed by atoms with Crippen molar-refractivity contribution >= 4 is 28.8 Å². The molecule has 5 heteroatoms. The number of carbonyl (C=O) groups excluding carboxylic acids is 1. The minimum Gasteiger partial charge on any atom is -0.351 e. The molecule has 0 aliphatic rings. The number of aromatic nitrogens is 1. The van der Waals surface area contributed by atoms with Gasteiger partial charge in [0, 0.05) is 17.8 Å². The molecule has 66 valence electrons. The van der Waals surface area contributed by atoms with E-state index in [4.69, 9.17) is 11.6 Å².